The smallest absolute Gasteiger partial charge is 0.0630 e. The van der Waals surface area contributed by atoms with Gasteiger partial charge in [-0.05, 0) is 23.8 Å². The maximum absolute atomic E-state index is 4.20. The highest BCUT2D eigenvalue weighted by Gasteiger charge is 2.05. The molecule has 2 heteroatoms. The van der Waals surface area contributed by atoms with Gasteiger partial charge < -0.3 is 5.32 Å². The van der Waals surface area contributed by atoms with Gasteiger partial charge in [0.15, 0.2) is 0 Å². The van der Waals surface area contributed by atoms with Crippen molar-refractivity contribution in [2.45, 2.75) is 0 Å². The molecule has 0 aromatic carbocycles. The lowest BCUT2D eigenvalue weighted by atomic mass is 10.1. The molecule has 0 amide bonds. The van der Waals surface area contributed by atoms with Crippen molar-refractivity contribution in [3.63, 3.8) is 0 Å². The second-order valence-corrected chi connectivity index (χ2v) is 2.66. The van der Waals surface area contributed by atoms with Crippen molar-refractivity contribution in [1.82, 2.24) is 10.3 Å². The molecular formula is C9H10N2. The highest BCUT2D eigenvalue weighted by molar-refractivity contribution is 5.51. The van der Waals surface area contributed by atoms with Gasteiger partial charge in [-0.3, -0.25) is 4.98 Å². The van der Waals surface area contributed by atoms with Crippen LogP contribution in [0.4, 0.5) is 0 Å². The molecule has 1 N–H and O–H groups in total. The van der Waals surface area contributed by atoms with Crippen molar-refractivity contribution in [3.8, 4) is 0 Å². The van der Waals surface area contributed by atoms with Gasteiger partial charge in [0.1, 0.15) is 0 Å². The number of nitrogens with one attached hydrogen (secondary N) is 1. The third kappa shape index (κ3) is 1.46. The van der Waals surface area contributed by atoms with Crippen molar-refractivity contribution in [3.05, 3.63) is 35.7 Å². The Morgan fingerprint density at radius 2 is 2.27 bits per heavy atom. The van der Waals surface area contributed by atoms with Crippen molar-refractivity contribution in [2.75, 3.05) is 13.1 Å². The van der Waals surface area contributed by atoms with Crippen LogP contribution in [-0.2, 0) is 0 Å². The number of hydrogen-bond donors (Lipinski definition) is 1. The maximum Gasteiger partial charge on any atom is 0.0630 e. The maximum atomic E-state index is 4.20. The first-order valence-electron chi connectivity index (χ1n) is 3.76. The number of hydrogen-bond acceptors (Lipinski definition) is 2. The van der Waals surface area contributed by atoms with Crippen LogP contribution >= 0.6 is 0 Å². The molecule has 1 saturated heterocycles. The highest BCUT2D eigenvalue weighted by Crippen LogP contribution is 2.06. The van der Waals surface area contributed by atoms with Crippen molar-refractivity contribution in [1.29, 1.82) is 0 Å². The summed E-state index contributed by atoms with van der Waals surface area (Å²) >= 11 is 0. The molecule has 0 bridgehead atoms. The quantitative estimate of drug-likeness (QED) is 0.641. The van der Waals surface area contributed by atoms with Gasteiger partial charge in [0.2, 0.25) is 0 Å². The summed E-state index contributed by atoms with van der Waals surface area (Å²) in [5.74, 6) is 0. The molecule has 11 heavy (non-hydrogen) atoms. The monoisotopic (exact) mass is 146 g/mol. The first kappa shape index (κ1) is 6.55. The fraction of sp³-hybridized carbons (Fsp3) is 0.222. The minimum atomic E-state index is 1.02. The Labute approximate surface area is 66.0 Å². The molecule has 2 rings (SSSR count). The molecule has 2 nitrogen and oxygen atoms in total. The molecule has 56 valence electrons. The van der Waals surface area contributed by atoms with Gasteiger partial charge in [-0.25, -0.2) is 0 Å². The minimum Gasteiger partial charge on any atom is -0.309 e. The number of rotatable bonds is 1. The third-order valence-corrected chi connectivity index (χ3v) is 1.74. The molecule has 1 aromatic rings. The van der Waals surface area contributed by atoms with E-state index in [0.29, 0.717) is 0 Å². The molecule has 0 radical (unpaired) electrons. The van der Waals surface area contributed by atoms with Crippen molar-refractivity contribution in [2.24, 2.45) is 0 Å². The highest BCUT2D eigenvalue weighted by atomic mass is 14.9. The summed E-state index contributed by atoms with van der Waals surface area (Å²) in [5.41, 5.74) is 2.49. The Kier molecular flexibility index (Phi) is 1.69. The van der Waals surface area contributed by atoms with Crippen LogP contribution in [0.1, 0.15) is 5.69 Å². The Morgan fingerprint density at radius 1 is 1.36 bits per heavy atom. The second kappa shape index (κ2) is 2.84. The number of pyridine rings is 1. The predicted molar refractivity (Wildman–Crippen MR) is 45.1 cm³/mol. The summed E-state index contributed by atoms with van der Waals surface area (Å²) in [4.78, 5) is 4.20. The normalized spacial score (nSPS) is 15.8. The van der Waals surface area contributed by atoms with Crippen LogP contribution in [0.15, 0.2) is 30.0 Å². The van der Waals surface area contributed by atoms with Gasteiger partial charge in [0, 0.05) is 19.3 Å². The topological polar surface area (TPSA) is 24.9 Å². The molecule has 1 aliphatic rings. The van der Waals surface area contributed by atoms with Crippen LogP contribution in [0, 0.1) is 0 Å². The van der Waals surface area contributed by atoms with E-state index in [4.69, 9.17) is 0 Å². The van der Waals surface area contributed by atoms with Crippen molar-refractivity contribution >= 4 is 6.08 Å². The lowest BCUT2D eigenvalue weighted by Gasteiger charge is -2.17. The molecular weight excluding hydrogens is 136 g/mol. The summed E-state index contributed by atoms with van der Waals surface area (Å²) in [7, 11) is 0. The standard InChI is InChI=1S/C9H10N2/c1-2-4-11-9(3-1)5-8-6-10-7-8/h1-5,10H,6-7H2. The zero-order valence-corrected chi connectivity index (χ0v) is 6.25. The fourth-order valence-corrected chi connectivity index (χ4v) is 1.04. The average molecular weight is 146 g/mol. The lowest BCUT2D eigenvalue weighted by molar-refractivity contribution is 0.674. The van der Waals surface area contributed by atoms with Gasteiger partial charge in [-0.2, -0.15) is 0 Å². The van der Waals surface area contributed by atoms with E-state index in [1.165, 1.54) is 5.57 Å². The van der Waals surface area contributed by atoms with E-state index in [0.717, 1.165) is 18.8 Å². The van der Waals surface area contributed by atoms with E-state index in [1.807, 2.05) is 24.4 Å². The summed E-state index contributed by atoms with van der Waals surface area (Å²) in [6, 6.07) is 5.96. The Balaban J connectivity index is 2.17. The third-order valence-electron chi connectivity index (χ3n) is 1.74. The summed E-state index contributed by atoms with van der Waals surface area (Å²) in [6.07, 6.45) is 3.95. The Bertz CT molecular complexity index is 258. The summed E-state index contributed by atoms with van der Waals surface area (Å²) < 4.78 is 0. The van der Waals surface area contributed by atoms with Crippen LogP contribution < -0.4 is 5.32 Å². The molecule has 0 unspecified atom stereocenters. The fourth-order valence-electron chi connectivity index (χ4n) is 1.04. The first-order valence-corrected chi connectivity index (χ1v) is 3.76. The van der Waals surface area contributed by atoms with E-state index in [9.17, 15) is 0 Å². The van der Waals surface area contributed by atoms with E-state index in [-0.39, 0.29) is 0 Å². The van der Waals surface area contributed by atoms with Crippen LogP contribution in [0.2, 0.25) is 0 Å². The average Bonchev–Trinajstić information content (AvgIpc) is 1.99. The molecule has 1 aliphatic heterocycles. The van der Waals surface area contributed by atoms with Gasteiger partial charge >= 0.3 is 0 Å². The molecule has 0 atom stereocenters. The minimum absolute atomic E-state index is 1.02. The van der Waals surface area contributed by atoms with E-state index in [2.05, 4.69) is 16.4 Å². The lowest BCUT2D eigenvalue weighted by Crippen LogP contribution is -2.33. The number of nitrogens with zero attached hydrogens (tertiary/aromatic N) is 1. The van der Waals surface area contributed by atoms with E-state index in [1.54, 1.807) is 0 Å². The number of aromatic nitrogens is 1. The van der Waals surface area contributed by atoms with Gasteiger partial charge in [-0.15, -0.1) is 0 Å². The first-order chi connectivity index (χ1) is 5.45. The molecule has 0 saturated carbocycles. The molecule has 1 aromatic heterocycles. The Morgan fingerprint density at radius 3 is 2.82 bits per heavy atom. The molecule has 2 heterocycles. The largest absolute Gasteiger partial charge is 0.309 e. The summed E-state index contributed by atoms with van der Waals surface area (Å²) in [5, 5.41) is 3.19. The molecule has 0 spiro atoms. The predicted octanol–water partition coefficient (Wildman–Crippen LogP) is 1.07. The van der Waals surface area contributed by atoms with Gasteiger partial charge in [-0.1, -0.05) is 6.07 Å². The molecule has 0 aliphatic carbocycles. The zero-order valence-electron chi connectivity index (χ0n) is 6.25. The van der Waals surface area contributed by atoms with Crippen LogP contribution in [0.5, 0.6) is 0 Å². The summed E-state index contributed by atoms with van der Waals surface area (Å²) in [6.45, 7) is 2.05. The Hall–Kier alpha value is -1.15. The van der Waals surface area contributed by atoms with Crippen molar-refractivity contribution < 1.29 is 0 Å². The SMILES string of the molecule is C(=C1CNC1)c1ccccn1. The van der Waals surface area contributed by atoms with Crippen LogP contribution in [0.3, 0.4) is 0 Å². The van der Waals surface area contributed by atoms with E-state index >= 15 is 0 Å². The second-order valence-electron chi connectivity index (χ2n) is 2.66. The van der Waals surface area contributed by atoms with Gasteiger partial charge in [0.05, 0.1) is 5.69 Å². The van der Waals surface area contributed by atoms with Crippen LogP contribution in [0.25, 0.3) is 6.08 Å². The van der Waals surface area contributed by atoms with E-state index < -0.39 is 0 Å². The van der Waals surface area contributed by atoms with Crippen LogP contribution in [-0.4, -0.2) is 18.1 Å². The molecule has 1 fully saturated rings. The van der Waals surface area contributed by atoms with Gasteiger partial charge in [0.25, 0.3) is 0 Å². The zero-order chi connectivity index (χ0) is 7.52.